The predicted molar refractivity (Wildman–Crippen MR) is 75.7 cm³/mol. The van der Waals surface area contributed by atoms with E-state index in [-0.39, 0.29) is 12.3 Å². The van der Waals surface area contributed by atoms with E-state index < -0.39 is 42.0 Å². The lowest BCUT2D eigenvalue weighted by Crippen LogP contribution is -2.61. The number of halogens is 6. The third-order valence-electron chi connectivity index (χ3n) is 4.54. The summed E-state index contributed by atoms with van der Waals surface area (Å²) in [6.07, 6.45) is -12.0. The van der Waals surface area contributed by atoms with Gasteiger partial charge in [0.15, 0.2) is 0 Å². The van der Waals surface area contributed by atoms with Crippen LogP contribution < -0.4 is 0 Å². The molecular formula is C16H20F6O3. The van der Waals surface area contributed by atoms with Crippen LogP contribution in [-0.4, -0.2) is 29.7 Å². The molecule has 2 bridgehead atoms. The number of carbonyl (C=O) groups is 1. The summed E-state index contributed by atoms with van der Waals surface area (Å²) in [5.74, 6) is -1.12. The van der Waals surface area contributed by atoms with Crippen LogP contribution in [0, 0.1) is 11.8 Å². The van der Waals surface area contributed by atoms with Gasteiger partial charge in [0.1, 0.15) is 5.60 Å². The number of fused-ring (bicyclic) bond motifs is 2. The quantitative estimate of drug-likeness (QED) is 0.369. The molecule has 2 unspecified atom stereocenters. The van der Waals surface area contributed by atoms with Crippen molar-refractivity contribution < 1.29 is 40.6 Å². The molecule has 25 heavy (non-hydrogen) atoms. The maximum atomic E-state index is 13.5. The third kappa shape index (κ3) is 4.06. The molecule has 0 N–H and O–H groups in total. The Morgan fingerprint density at radius 3 is 1.96 bits per heavy atom. The number of rotatable bonds is 3. The van der Waals surface area contributed by atoms with Gasteiger partial charge < -0.3 is 9.47 Å². The van der Waals surface area contributed by atoms with Crippen molar-refractivity contribution in [2.75, 3.05) is 0 Å². The molecule has 2 rings (SSSR count). The highest BCUT2D eigenvalue weighted by atomic mass is 19.4. The molecule has 2 atom stereocenters. The van der Waals surface area contributed by atoms with Gasteiger partial charge in [0, 0.05) is 6.42 Å². The van der Waals surface area contributed by atoms with E-state index in [1.54, 1.807) is 0 Å². The second kappa shape index (κ2) is 6.09. The fourth-order valence-electron chi connectivity index (χ4n) is 3.42. The van der Waals surface area contributed by atoms with E-state index in [1.165, 1.54) is 20.8 Å². The average molecular weight is 374 g/mol. The van der Waals surface area contributed by atoms with Gasteiger partial charge in [-0.3, -0.25) is 0 Å². The number of carbonyl (C=O) groups excluding carboxylic acids is 1. The first-order valence-electron chi connectivity index (χ1n) is 7.88. The number of alkyl halides is 6. The molecule has 2 aliphatic rings. The maximum Gasteiger partial charge on any atom is 0.510 e. The molecule has 0 aromatic heterocycles. The summed E-state index contributed by atoms with van der Waals surface area (Å²) in [5, 5.41) is 0. The molecule has 0 aromatic rings. The van der Waals surface area contributed by atoms with Gasteiger partial charge in [-0.25, -0.2) is 4.79 Å². The minimum Gasteiger partial charge on any atom is -0.429 e. The Bertz CT molecular complexity index is 542. The van der Waals surface area contributed by atoms with Crippen molar-refractivity contribution in [1.29, 1.82) is 0 Å². The molecule has 0 spiro atoms. The Kier molecular flexibility index (Phi) is 4.85. The third-order valence-corrected chi connectivity index (χ3v) is 4.54. The van der Waals surface area contributed by atoms with Crippen LogP contribution in [0.5, 0.6) is 0 Å². The Balaban J connectivity index is 2.32. The molecule has 0 amide bonds. The highest BCUT2D eigenvalue weighted by molar-refractivity contribution is 5.61. The van der Waals surface area contributed by atoms with Crippen molar-refractivity contribution in [2.45, 2.75) is 70.0 Å². The van der Waals surface area contributed by atoms with E-state index in [9.17, 15) is 31.1 Å². The van der Waals surface area contributed by atoms with Crippen LogP contribution in [0.1, 0.15) is 46.5 Å². The maximum absolute atomic E-state index is 13.5. The Morgan fingerprint density at radius 2 is 1.60 bits per heavy atom. The topological polar surface area (TPSA) is 35.5 Å². The Morgan fingerprint density at radius 1 is 1.04 bits per heavy atom. The van der Waals surface area contributed by atoms with Crippen LogP contribution in [0.25, 0.3) is 0 Å². The molecule has 144 valence electrons. The van der Waals surface area contributed by atoms with Crippen LogP contribution in [0.3, 0.4) is 0 Å². The SMILES string of the molecule is CC(C)(C)OC(=O)OC(CC1CC2=CCC1C2)(C(F)(F)F)C(F)(F)F. The smallest absolute Gasteiger partial charge is 0.429 e. The zero-order chi connectivity index (χ0) is 19.3. The highest BCUT2D eigenvalue weighted by Gasteiger charge is 2.75. The molecule has 1 fully saturated rings. The second-order valence-electron chi connectivity index (χ2n) is 7.62. The van der Waals surface area contributed by atoms with Crippen molar-refractivity contribution in [3.05, 3.63) is 11.6 Å². The number of hydrogen-bond acceptors (Lipinski definition) is 3. The molecule has 9 heteroatoms. The first-order valence-corrected chi connectivity index (χ1v) is 7.88. The van der Waals surface area contributed by atoms with Crippen molar-refractivity contribution in [2.24, 2.45) is 11.8 Å². The van der Waals surface area contributed by atoms with Crippen LogP contribution in [0.4, 0.5) is 31.1 Å². The zero-order valence-corrected chi connectivity index (χ0v) is 14.1. The van der Waals surface area contributed by atoms with Gasteiger partial charge >= 0.3 is 24.1 Å². The second-order valence-corrected chi connectivity index (χ2v) is 7.62. The lowest BCUT2D eigenvalue weighted by Gasteiger charge is -2.39. The van der Waals surface area contributed by atoms with Gasteiger partial charge in [-0.05, 0) is 51.9 Å². The van der Waals surface area contributed by atoms with E-state index in [4.69, 9.17) is 0 Å². The molecule has 2 aliphatic carbocycles. The van der Waals surface area contributed by atoms with Crippen molar-refractivity contribution >= 4 is 6.16 Å². The summed E-state index contributed by atoms with van der Waals surface area (Å²) in [7, 11) is 0. The van der Waals surface area contributed by atoms with E-state index in [0.29, 0.717) is 12.8 Å². The molecule has 1 saturated carbocycles. The molecular weight excluding hydrogens is 354 g/mol. The summed E-state index contributed by atoms with van der Waals surface area (Å²) in [4.78, 5) is 11.6. The van der Waals surface area contributed by atoms with Crippen LogP contribution >= 0.6 is 0 Å². The van der Waals surface area contributed by atoms with Gasteiger partial charge in [0.05, 0.1) is 0 Å². The van der Waals surface area contributed by atoms with Crippen molar-refractivity contribution in [3.8, 4) is 0 Å². The van der Waals surface area contributed by atoms with Crippen LogP contribution in [0.2, 0.25) is 0 Å². The number of allylic oxidation sites excluding steroid dienone is 2. The average Bonchev–Trinajstić information content (AvgIpc) is 2.94. The minimum absolute atomic E-state index is 0.163. The van der Waals surface area contributed by atoms with E-state index in [1.807, 2.05) is 6.08 Å². The van der Waals surface area contributed by atoms with Gasteiger partial charge in [0.2, 0.25) is 0 Å². The minimum atomic E-state index is -5.81. The highest BCUT2D eigenvalue weighted by Crippen LogP contribution is 2.55. The summed E-state index contributed by atoms with van der Waals surface area (Å²) in [6, 6.07) is 0. The van der Waals surface area contributed by atoms with Crippen molar-refractivity contribution in [3.63, 3.8) is 0 Å². The van der Waals surface area contributed by atoms with E-state index >= 15 is 0 Å². The van der Waals surface area contributed by atoms with E-state index in [0.717, 1.165) is 5.57 Å². The molecule has 0 aliphatic heterocycles. The lowest BCUT2D eigenvalue weighted by molar-refractivity contribution is -0.374. The standard InChI is InChI=1S/C16H20F6O3/c1-13(2,3)24-12(23)25-14(15(17,18)19,16(20,21)22)8-11-7-9-4-5-10(11)6-9/h4,10-11H,5-8H2,1-3H3. The summed E-state index contributed by atoms with van der Waals surface area (Å²) >= 11 is 0. The van der Waals surface area contributed by atoms with Gasteiger partial charge in [-0.15, -0.1) is 0 Å². The van der Waals surface area contributed by atoms with Gasteiger partial charge in [-0.2, -0.15) is 26.3 Å². The summed E-state index contributed by atoms with van der Waals surface area (Å²) in [6.45, 7) is 3.96. The molecule has 3 nitrogen and oxygen atoms in total. The summed E-state index contributed by atoms with van der Waals surface area (Å²) < 4.78 is 89.5. The Labute approximate surface area is 141 Å². The molecule has 0 saturated heterocycles. The number of ether oxygens (including phenoxy) is 2. The summed E-state index contributed by atoms with van der Waals surface area (Å²) in [5.41, 5.74) is -4.99. The van der Waals surface area contributed by atoms with E-state index in [2.05, 4.69) is 9.47 Å². The predicted octanol–water partition coefficient (Wildman–Crippen LogP) is 5.55. The van der Waals surface area contributed by atoms with Gasteiger partial charge in [0.25, 0.3) is 0 Å². The first kappa shape index (κ1) is 19.9. The fraction of sp³-hybridized carbons (Fsp3) is 0.812. The molecule has 0 aromatic carbocycles. The largest absolute Gasteiger partial charge is 0.510 e. The first-order chi connectivity index (χ1) is 11.1. The molecule has 0 radical (unpaired) electrons. The normalized spacial score (nSPS) is 24.3. The fourth-order valence-corrected chi connectivity index (χ4v) is 3.42. The van der Waals surface area contributed by atoms with Crippen LogP contribution in [-0.2, 0) is 9.47 Å². The van der Waals surface area contributed by atoms with Gasteiger partial charge in [-0.1, -0.05) is 11.6 Å². The zero-order valence-electron chi connectivity index (χ0n) is 14.1. The molecule has 0 heterocycles. The number of hydrogen-bond donors (Lipinski definition) is 0. The van der Waals surface area contributed by atoms with Crippen molar-refractivity contribution in [1.82, 2.24) is 0 Å². The van der Waals surface area contributed by atoms with Crippen LogP contribution in [0.15, 0.2) is 11.6 Å². The Hall–Kier alpha value is -1.41. The lowest BCUT2D eigenvalue weighted by atomic mass is 9.81. The monoisotopic (exact) mass is 374 g/mol.